The molecule has 0 aliphatic carbocycles. The summed E-state index contributed by atoms with van der Waals surface area (Å²) in [6.45, 7) is 2.22. The van der Waals surface area contributed by atoms with Gasteiger partial charge in [0.1, 0.15) is 5.82 Å². The standard InChI is InChI=1S/C8H12ClN3/c1-11-6-10-7(9)8(11)12-4-2-3-5-12/h6H,2-5H2,1H3. The smallest absolute Gasteiger partial charge is 0.171 e. The number of hydrogen-bond donors (Lipinski definition) is 0. The molecular weight excluding hydrogens is 174 g/mol. The molecule has 0 spiro atoms. The fourth-order valence-corrected chi connectivity index (χ4v) is 1.97. The molecule has 0 aromatic carbocycles. The van der Waals surface area contributed by atoms with Crippen molar-refractivity contribution in [2.24, 2.45) is 7.05 Å². The molecule has 2 heterocycles. The van der Waals surface area contributed by atoms with Gasteiger partial charge >= 0.3 is 0 Å². The monoisotopic (exact) mass is 185 g/mol. The van der Waals surface area contributed by atoms with Crippen LogP contribution in [0.15, 0.2) is 6.33 Å². The Hall–Kier alpha value is -0.700. The largest absolute Gasteiger partial charge is 0.355 e. The summed E-state index contributed by atoms with van der Waals surface area (Å²) in [6, 6.07) is 0. The van der Waals surface area contributed by atoms with Gasteiger partial charge in [0.05, 0.1) is 6.33 Å². The van der Waals surface area contributed by atoms with Crippen LogP contribution in [-0.2, 0) is 7.05 Å². The Balaban J connectivity index is 2.30. The molecule has 1 aromatic heterocycles. The van der Waals surface area contributed by atoms with Crippen molar-refractivity contribution in [1.82, 2.24) is 9.55 Å². The second kappa shape index (κ2) is 2.98. The maximum atomic E-state index is 5.95. The van der Waals surface area contributed by atoms with E-state index in [-0.39, 0.29) is 0 Å². The number of anilines is 1. The third kappa shape index (κ3) is 1.18. The van der Waals surface area contributed by atoms with Gasteiger partial charge in [-0.2, -0.15) is 0 Å². The normalized spacial score (nSPS) is 17.3. The van der Waals surface area contributed by atoms with Crippen LogP contribution >= 0.6 is 11.6 Å². The molecule has 2 rings (SSSR count). The van der Waals surface area contributed by atoms with E-state index in [4.69, 9.17) is 11.6 Å². The van der Waals surface area contributed by atoms with Gasteiger partial charge < -0.3 is 9.47 Å². The molecule has 0 amide bonds. The zero-order valence-electron chi connectivity index (χ0n) is 7.13. The number of aromatic nitrogens is 2. The maximum Gasteiger partial charge on any atom is 0.171 e. The van der Waals surface area contributed by atoms with E-state index in [2.05, 4.69) is 9.88 Å². The summed E-state index contributed by atoms with van der Waals surface area (Å²) in [5.74, 6) is 1.06. The van der Waals surface area contributed by atoms with Crippen molar-refractivity contribution < 1.29 is 0 Å². The molecule has 0 bridgehead atoms. The summed E-state index contributed by atoms with van der Waals surface area (Å²) >= 11 is 5.95. The fourth-order valence-electron chi connectivity index (χ4n) is 1.68. The van der Waals surface area contributed by atoms with E-state index in [1.807, 2.05) is 11.6 Å². The molecule has 1 aliphatic heterocycles. The van der Waals surface area contributed by atoms with E-state index in [0.29, 0.717) is 5.15 Å². The van der Waals surface area contributed by atoms with E-state index in [1.165, 1.54) is 12.8 Å². The molecule has 0 saturated carbocycles. The maximum absolute atomic E-state index is 5.95. The zero-order valence-corrected chi connectivity index (χ0v) is 7.88. The number of imidazole rings is 1. The van der Waals surface area contributed by atoms with Gasteiger partial charge in [0.2, 0.25) is 0 Å². The SMILES string of the molecule is Cn1cnc(Cl)c1N1CCCC1. The molecule has 4 heteroatoms. The Bertz CT molecular complexity index is 256. The summed E-state index contributed by atoms with van der Waals surface area (Å²) in [6.07, 6.45) is 4.29. The van der Waals surface area contributed by atoms with Crippen molar-refractivity contribution in [2.75, 3.05) is 18.0 Å². The highest BCUT2D eigenvalue weighted by atomic mass is 35.5. The third-order valence-electron chi connectivity index (χ3n) is 2.27. The fraction of sp³-hybridized carbons (Fsp3) is 0.625. The second-order valence-corrected chi connectivity index (χ2v) is 3.52. The predicted molar refractivity (Wildman–Crippen MR) is 49.7 cm³/mol. The molecule has 12 heavy (non-hydrogen) atoms. The predicted octanol–water partition coefficient (Wildman–Crippen LogP) is 1.67. The van der Waals surface area contributed by atoms with Gasteiger partial charge in [-0.15, -0.1) is 0 Å². The molecule has 1 aromatic rings. The topological polar surface area (TPSA) is 21.1 Å². The van der Waals surface area contributed by atoms with E-state index in [9.17, 15) is 0 Å². The van der Waals surface area contributed by atoms with E-state index >= 15 is 0 Å². The number of rotatable bonds is 1. The summed E-state index contributed by atoms with van der Waals surface area (Å²) in [7, 11) is 1.98. The number of hydrogen-bond acceptors (Lipinski definition) is 2. The minimum Gasteiger partial charge on any atom is -0.355 e. The third-order valence-corrected chi connectivity index (χ3v) is 2.54. The molecule has 0 unspecified atom stereocenters. The molecule has 1 fully saturated rings. The van der Waals surface area contributed by atoms with Crippen molar-refractivity contribution >= 4 is 17.4 Å². The average molecular weight is 186 g/mol. The van der Waals surface area contributed by atoms with Crippen molar-refractivity contribution in [1.29, 1.82) is 0 Å². The minimum atomic E-state index is 0.624. The van der Waals surface area contributed by atoms with E-state index < -0.39 is 0 Å². The van der Waals surface area contributed by atoms with Gasteiger partial charge in [-0.1, -0.05) is 11.6 Å². The average Bonchev–Trinajstić information content (AvgIpc) is 2.61. The highest BCUT2D eigenvalue weighted by Gasteiger charge is 2.18. The van der Waals surface area contributed by atoms with Gasteiger partial charge in [-0.25, -0.2) is 4.98 Å². The second-order valence-electron chi connectivity index (χ2n) is 3.16. The first-order valence-electron chi connectivity index (χ1n) is 4.21. The molecule has 1 aliphatic rings. The van der Waals surface area contributed by atoms with Crippen LogP contribution in [0.4, 0.5) is 5.82 Å². The van der Waals surface area contributed by atoms with Gasteiger partial charge in [0, 0.05) is 20.1 Å². The Kier molecular flexibility index (Phi) is 1.97. The highest BCUT2D eigenvalue weighted by molar-refractivity contribution is 6.31. The molecule has 1 saturated heterocycles. The molecule has 0 N–H and O–H groups in total. The molecule has 0 atom stereocenters. The summed E-state index contributed by atoms with van der Waals surface area (Å²) in [5, 5.41) is 0.624. The summed E-state index contributed by atoms with van der Waals surface area (Å²) in [5.41, 5.74) is 0. The zero-order chi connectivity index (χ0) is 8.55. The van der Waals surface area contributed by atoms with Crippen molar-refractivity contribution in [2.45, 2.75) is 12.8 Å². The van der Waals surface area contributed by atoms with Gasteiger partial charge in [-0.05, 0) is 12.8 Å². The van der Waals surface area contributed by atoms with Crippen LogP contribution in [0.3, 0.4) is 0 Å². The number of halogens is 1. The lowest BCUT2D eigenvalue weighted by Crippen LogP contribution is -2.20. The van der Waals surface area contributed by atoms with Crippen LogP contribution in [0.2, 0.25) is 5.15 Å². The molecule has 66 valence electrons. The quantitative estimate of drug-likeness (QED) is 0.664. The summed E-state index contributed by atoms with van der Waals surface area (Å²) in [4.78, 5) is 6.33. The Labute approximate surface area is 77.0 Å². The van der Waals surface area contributed by atoms with Crippen LogP contribution in [0, 0.1) is 0 Å². The van der Waals surface area contributed by atoms with Crippen LogP contribution in [-0.4, -0.2) is 22.6 Å². The number of nitrogens with zero attached hydrogens (tertiary/aromatic N) is 3. The first-order chi connectivity index (χ1) is 5.79. The van der Waals surface area contributed by atoms with Crippen LogP contribution < -0.4 is 4.90 Å². The van der Waals surface area contributed by atoms with Crippen molar-refractivity contribution in [3.05, 3.63) is 11.5 Å². The van der Waals surface area contributed by atoms with E-state index in [1.54, 1.807) is 6.33 Å². The van der Waals surface area contributed by atoms with Crippen molar-refractivity contribution in [3.8, 4) is 0 Å². The van der Waals surface area contributed by atoms with Crippen LogP contribution in [0.5, 0.6) is 0 Å². The lowest BCUT2D eigenvalue weighted by molar-refractivity contribution is 0.839. The minimum absolute atomic E-state index is 0.624. The van der Waals surface area contributed by atoms with E-state index in [0.717, 1.165) is 18.9 Å². The van der Waals surface area contributed by atoms with Gasteiger partial charge in [-0.3, -0.25) is 0 Å². The lowest BCUT2D eigenvalue weighted by Gasteiger charge is -2.17. The Morgan fingerprint density at radius 3 is 2.58 bits per heavy atom. The van der Waals surface area contributed by atoms with Crippen LogP contribution in [0.25, 0.3) is 0 Å². The molecule has 0 radical (unpaired) electrons. The van der Waals surface area contributed by atoms with Gasteiger partial charge in [0.25, 0.3) is 0 Å². The molecular formula is C8H12ClN3. The lowest BCUT2D eigenvalue weighted by atomic mass is 10.4. The Morgan fingerprint density at radius 1 is 1.42 bits per heavy atom. The number of aryl methyl sites for hydroxylation is 1. The van der Waals surface area contributed by atoms with Crippen LogP contribution in [0.1, 0.15) is 12.8 Å². The van der Waals surface area contributed by atoms with Gasteiger partial charge in [0.15, 0.2) is 5.15 Å². The molecule has 3 nitrogen and oxygen atoms in total. The Morgan fingerprint density at radius 2 is 2.08 bits per heavy atom. The highest BCUT2D eigenvalue weighted by Crippen LogP contribution is 2.26. The summed E-state index contributed by atoms with van der Waals surface area (Å²) < 4.78 is 1.98. The first-order valence-corrected chi connectivity index (χ1v) is 4.58. The van der Waals surface area contributed by atoms with Crippen molar-refractivity contribution in [3.63, 3.8) is 0 Å². The first kappa shape index (κ1) is 7.92.